The molecular formula is C13H24O2. The summed E-state index contributed by atoms with van der Waals surface area (Å²) in [6, 6.07) is 0. The van der Waals surface area contributed by atoms with Crippen molar-refractivity contribution in [3.8, 4) is 0 Å². The van der Waals surface area contributed by atoms with Crippen molar-refractivity contribution in [1.82, 2.24) is 0 Å². The van der Waals surface area contributed by atoms with Gasteiger partial charge in [-0.25, -0.2) is 0 Å². The molecule has 0 aromatic rings. The number of hydrogen-bond donors (Lipinski definition) is 0. The second-order valence-electron chi connectivity index (χ2n) is 5.57. The van der Waals surface area contributed by atoms with Crippen LogP contribution in [0.4, 0.5) is 0 Å². The molecule has 1 rings (SSSR count). The lowest BCUT2D eigenvalue weighted by Gasteiger charge is -2.41. The molecular weight excluding hydrogens is 188 g/mol. The number of carbonyl (C=O) groups is 1. The molecule has 2 atom stereocenters. The van der Waals surface area contributed by atoms with Gasteiger partial charge in [0, 0.05) is 6.42 Å². The summed E-state index contributed by atoms with van der Waals surface area (Å²) in [7, 11) is 0. The van der Waals surface area contributed by atoms with E-state index >= 15 is 0 Å². The van der Waals surface area contributed by atoms with Crippen LogP contribution in [0.1, 0.15) is 53.4 Å². The molecule has 0 aliphatic heterocycles. The average molecular weight is 212 g/mol. The van der Waals surface area contributed by atoms with Gasteiger partial charge < -0.3 is 4.74 Å². The van der Waals surface area contributed by atoms with Crippen LogP contribution in [0.25, 0.3) is 0 Å². The molecule has 0 radical (unpaired) electrons. The van der Waals surface area contributed by atoms with E-state index in [0.29, 0.717) is 24.4 Å². The Morgan fingerprint density at radius 2 is 2.13 bits per heavy atom. The van der Waals surface area contributed by atoms with Gasteiger partial charge >= 0.3 is 5.97 Å². The molecule has 15 heavy (non-hydrogen) atoms. The number of hydrogen-bond acceptors (Lipinski definition) is 2. The van der Waals surface area contributed by atoms with Crippen molar-refractivity contribution >= 4 is 5.97 Å². The lowest BCUT2D eigenvalue weighted by molar-refractivity contribution is -0.146. The Hall–Kier alpha value is -0.530. The zero-order valence-electron chi connectivity index (χ0n) is 10.5. The Balaban J connectivity index is 2.53. The summed E-state index contributed by atoms with van der Waals surface area (Å²) in [6.45, 7) is 9.22. The molecule has 0 bridgehead atoms. The largest absolute Gasteiger partial charge is 0.466 e. The van der Waals surface area contributed by atoms with Crippen molar-refractivity contribution in [2.24, 2.45) is 17.3 Å². The van der Waals surface area contributed by atoms with Gasteiger partial charge in [-0.1, -0.05) is 27.2 Å². The number of esters is 1. The van der Waals surface area contributed by atoms with E-state index in [-0.39, 0.29) is 5.97 Å². The summed E-state index contributed by atoms with van der Waals surface area (Å²) in [5, 5.41) is 0. The van der Waals surface area contributed by atoms with Crippen LogP contribution in [0.15, 0.2) is 0 Å². The molecule has 88 valence electrons. The van der Waals surface area contributed by atoms with Crippen LogP contribution in [-0.2, 0) is 9.53 Å². The van der Waals surface area contributed by atoms with E-state index in [4.69, 9.17) is 4.74 Å². The standard InChI is InChI=1S/C13H24O2/c1-5-15-12(14)9-11-8-10(2)6-7-13(11,3)4/h10-11H,5-9H2,1-4H3. The highest BCUT2D eigenvalue weighted by Crippen LogP contribution is 2.44. The normalized spacial score (nSPS) is 29.9. The van der Waals surface area contributed by atoms with Gasteiger partial charge in [0.1, 0.15) is 0 Å². The monoisotopic (exact) mass is 212 g/mol. The van der Waals surface area contributed by atoms with E-state index in [1.165, 1.54) is 19.3 Å². The zero-order valence-corrected chi connectivity index (χ0v) is 10.5. The topological polar surface area (TPSA) is 26.3 Å². The Kier molecular flexibility index (Phi) is 4.18. The van der Waals surface area contributed by atoms with Gasteiger partial charge in [-0.05, 0) is 37.0 Å². The number of rotatable bonds is 3. The summed E-state index contributed by atoms with van der Waals surface area (Å²) in [5.74, 6) is 1.24. The minimum Gasteiger partial charge on any atom is -0.466 e. The second kappa shape index (κ2) is 5.00. The first-order valence-corrected chi connectivity index (χ1v) is 6.11. The third kappa shape index (κ3) is 3.51. The lowest BCUT2D eigenvalue weighted by Crippen LogP contribution is -2.33. The molecule has 0 heterocycles. The van der Waals surface area contributed by atoms with Crippen molar-refractivity contribution in [3.63, 3.8) is 0 Å². The van der Waals surface area contributed by atoms with E-state index < -0.39 is 0 Å². The third-order valence-electron chi connectivity index (χ3n) is 3.79. The third-order valence-corrected chi connectivity index (χ3v) is 3.79. The van der Waals surface area contributed by atoms with Crippen molar-refractivity contribution in [1.29, 1.82) is 0 Å². The highest BCUT2D eigenvalue weighted by Gasteiger charge is 2.36. The highest BCUT2D eigenvalue weighted by atomic mass is 16.5. The molecule has 0 spiro atoms. The Morgan fingerprint density at radius 1 is 1.47 bits per heavy atom. The fourth-order valence-corrected chi connectivity index (χ4v) is 2.53. The van der Waals surface area contributed by atoms with E-state index in [2.05, 4.69) is 20.8 Å². The first kappa shape index (κ1) is 12.5. The van der Waals surface area contributed by atoms with Gasteiger partial charge in [-0.3, -0.25) is 4.79 Å². The first-order valence-electron chi connectivity index (χ1n) is 6.11. The molecule has 1 fully saturated rings. The SMILES string of the molecule is CCOC(=O)CC1CC(C)CCC1(C)C. The van der Waals surface area contributed by atoms with Crippen molar-refractivity contribution in [3.05, 3.63) is 0 Å². The van der Waals surface area contributed by atoms with Crippen molar-refractivity contribution < 1.29 is 9.53 Å². The number of ether oxygens (including phenoxy) is 1. The molecule has 2 heteroatoms. The minimum atomic E-state index is -0.0234. The van der Waals surface area contributed by atoms with E-state index in [9.17, 15) is 4.79 Å². The summed E-state index contributed by atoms with van der Waals surface area (Å²) in [5.41, 5.74) is 0.305. The Labute approximate surface area is 93.4 Å². The molecule has 0 saturated heterocycles. The van der Waals surface area contributed by atoms with Crippen LogP contribution in [0.5, 0.6) is 0 Å². The van der Waals surface area contributed by atoms with Gasteiger partial charge in [0.2, 0.25) is 0 Å². The molecule has 2 nitrogen and oxygen atoms in total. The maximum Gasteiger partial charge on any atom is 0.306 e. The summed E-state index contributed by atoms with van der Waals surface area (Å²) >= 11 is 0. The smallest absolute Gasteiger partial charge is 0.306 e. The summed E-state index contributed by atoms with van der Waals surface area (Å²) < 4.78 is 5.03. The molecule has 1 saturated carbocycles. The van der Waals surface area contributed by atoms with Crippen molar-refractivity contribution in [2.75, 3.05) is 6.61 Å². The minimum absolute atomic E-state index is 0.0234. The molecule has 1 aliphatic rings. The van der Waals surface area contributed by atoms with Crippen LogP contribution in [0.2, 0.25) is 0 Å². The first-order chi connectivity index (χ1) is 6.95. The Morgan fingerprint density at radius 3 is 2.73 bits per heavy atom. The zero-order chi connectivity index (χ0) is 11.5. The van der Waals surface area contributed by atoms with Crippen LogP contribution in [-0.4, -0.2) is 12.6 Å². The second-order valence-corrected chi connectivity index (χ2v) is 5.57. The Bertz CT molecular complexity index is 221. The van der Waals surface area contributed by atoms with Crippen LogP contribution >= 0.6 is 0 Å². The highest BCUT2D eigenvalue weighted by molar-refractivity contribution is 5.69. The van der Waals surface area contributed by atoms with Crippen LogP contribution in [0, 0.1) is 17.3 Å². The van der Waals surface area contributed by atoms with E-state index in [1.807, 2.05) is 6.92 Å². The summed E-state index contributed by atoms with van der Waals surface area (Å²) in [6.07, 6.45) is 4.31. The van der Waals surface area contributed by atoms with Crippen LogP contribution < -0.4 is 0 Å². The average Bonchev–Trinajstić information content (AvgIpc) is 2.12. The van der Waals surface area contributed by atoms with Gasteiger partial charge in [-0.15, -0.1) is 0 Å². The summed E-state index contributed by atoms with van der Waals surface area (Å²) in [4.78, 5) is 11.5. The fourth-order valence-electron chi connectivity index (χ4n) is 2.53. The van der Waals surface area contributed by atoms with Crippen molar-refractivity contribution in [2.45, 2.75) is 53.4 Å². The van der Waals surface area contributed by atoms with Crippen LogP contribution in [0.3, 0.4) is 0 Å². The van der Waals surface area contributed by atoms with E-state index in [1.54, 1.807) is 0 Å². The van der Waals surface area contributed by atoms with Gasteiger partial charge in [0.05, 0.1) is 6.61 Å². The predicted molar refractivity (Wildman–Crippen MR) is 61.5 cm³/mol. The number of carbonyl (C=O) groups excluding carboxylic acids is 1. The molecule has 0 aromatic heterocycles. The van der Waals surface area contributed by atoms with Gasteiger partial charge in [0.15, 0.2) is 0 Å². The maximum absolute atomic E-state index is 11.5. The predicted octanol–water partition coefficient (Wildman–Crippen LogP) is 3.40. The van der Waals surface area contributed by atoms with Gasteiger partial charge in [0.25, 0.3) is 0 Å². The molecule has 0 aromatic carbocycles. The van der Waals surface area contributed by atoms with E-state index in [0.717, 1.165) is 5.92 Å². The lowest BCUT2D eigenvalue weighted by atomic mass is 9.65. The molecule has 1 aliphatic carbocycles. The fraction of sp³-hybridized carbons (Fsp3) is 0.923. The maximum atomic E-state index is 11.5. The van der Waals surface area contributed by atoms with Gasteiger partial charge in [-0.2, -0.15) is 0 Å². The molecule has 0 N–H and O–H groups in total. The molecule has 2 unspecified atom stereocenters. The molecule has 0 amide bonds. The quantitative estimate of drug-likeness (QED) is 0.670.